The Morgan fingerprint density at radius 1 is 1.50 bits per heavy atom. The van der Waals surface area contributed by atoms with E-state index in [0.717, 1.165) is 0 Å². The Kier molecular flexibility index (Phi) is 1.53. The molecule has 3 N–H and O–H groups in total. The zero-order valence-electron chi connectivity index (χ0n) is 5.11. The van der Waals surface area contributed by atoms with Crippen LogP contribution < -0.4 is 5.73 Å². The first kappa shape index (κ1) is 6.54. The highest BCUT2D eigenvalue weighted by molar-refractivity contribution is 5.69. The van der Waals surface area contributed by atoms with Crippen LogP contribution in [-0.4, -0.2) is 5.11 Å². The first-order valence-electron chi connectivity index (χ1n) is 2.66. The minimum absolute atomic E-state index is 0.0255. The maximum atomic E-state index is 9.94. The highest BCUT2D eigenvalue weighted by atomic mass is 16.3. The van der Waals surface area contributed by atoms with Crippen LogP contribution in [0.1, 0.15) is 0 Å². The van der Waals surface area contributed by atoms with E-state index < -0.39 is 0 Å². The molecule has 0 radical (unpaired) electrons. The molecule has 0 aliphatic heterocycles. The largest absolute Gasteiger partial charge is 0.506 e. The van der Waals surface area contributed by atoms with E-state index in [2.05, 4.69) is 5.18 Å². The summed E-state index contributed by atoms with van der Waals surface area (Å²) in [7, 11) is 0. The van der Waals surface area contributed by atoms with Crippen LogP contribution in [0.3, 0.4) is 0 Å². The van der Waals surface area contributed by atoms with Gasteiger partial charge in [-0.3, -0.25) is 0 Å². The first-order chi connectivity index (χ1) is 4.75. The van der Waals surface area contributed by atoms with Crippen molar-refractivity contribution in [2.24, 2.45) is 5.18 Å². The van der Waals surface area contributed by atoms with Gasteiger partial charge in [0.2, 0.25) is 0 Å². The van der Waals surface area contributed by atoms with E-state index in [9.17, 15) is 4.91 Å². The van der Waals surface area contributed by atoms with Gasteiger partial charge >= 0.3 is 0 Å². The summed E-state index contributed by atoms with van der Waals surface area (Å²) in [5.41, 5.74) is 5.34. The van der Waals surface area contributed by atoms with Gasteiger partial charge in [-0.15, -0.1) is 4.91 Å². The predicted molar refractivity (Wildman–Crippen MR) is 38.0 cm³/mol. The summed E-state index contributed by atoms with van der Waals surface area (Å²) in [5.74, 6) is -0.114. The summed E-state index contributed by atoms with van der Waals surface area (Å²) in [6, 6.07) is 4.33. The minimum atomic E-state index is -0.114. The number of phenols is 1. The van der Waals surface area contributed by atoms with Gasteiger partial charge in [-0.1, -0.05) is 6.07 Å². The van der Waals surface area contributed by atoms with Crippen molar-refractivity contribution in [3.05, 3.63) is 23.1 Å². The number of hydrogen-bond donors (Lipinski definition) is 2. The highest BCUT2D eigenvalue weighted by Crippen LogP contribution is 2.29. The number of phenolic OH excluding ortho intramolecular Hbond substituents is 1. The van der Waals surface area contributed by atoms with Crippen molar-refractivity contribution < 1.29 is 5.11 Å². The van der Waals surface area contributed by atoms with E-state index in [0.29, 0.717) is 0 Å². The smallest absolute Gasteiger partial charge is 0.140 e. The van der Waals surface area contributed by atoms with Crippen LogP contribution in [0.15, 0.2) is 23.4 Å². The average Bonchev–Trinajstić information content (AvgIpc) is 1.95. The zero-order chi connectivity index (χ0) is 7.56. The number of para-hydroxylation sites is 1. The highest BCUT2D eigenvalue weighted by Gasteiger charge is 2.01. The quantitative estimate of drug-likeness (QED) is 0.349. The van der Waals surface area contributed by atoms with Crippen molar-refractivity contribution in [2.45, 2.75) is 0 Å². The fourth-order valence-electron chi connectivity index (χ4n) is 0.621. The monoisotopic (exact) mass is 138 g/mol. The second-order valence-electron chi connectivity index (χ2n) is 1.80. The SMILES string of the molecule is Nc1c(O)cccc1N=O. The molecule has 0 saturated carbocycles. The van der Waals surface area contributed by atoms with Crippen LogP contribution >= 0.6 is 0 Å². The summed E-state index contributed by atoms with van der Waals surface area (Å²) in [6.45, 7) is 0. The van der Waals surface area contributed by atoms with E-state index in [-0.39, 0.29) is 17.1 Å². The van der Waals surface area contributed by atoms with Crippen molar-refractivity contribution in [1.82, 2.24) is 0 Å². The number of nitroso groups, excluding NO2 is 1. The Morgan fingerprint density at radius 2 is 2.20 bits per heavy atom. The molecule has 1 rings (SSSR count). The van der Waals surface area contributed by atoms with Crippen molar-refractivity contribution in [1.29, 1.82) is 0 Å². The lowest BCUT2D eigenvalue weighted by Gasteiger charge is -1.97. The lowest BCUT2D eigenvalue weighted by atomic mass is 10.2. The molecule has 52 valence electrons. The molecular formula is C6H6N2O2. The normalized spacial score (nSPS) is 9.20. The molecule has 0 unspecified atom stereocenters. The molecule has 0 bridgehead atoms. The fourth-order valence-corrected chi connectivity index (χ4v) is 0.621. The number of nitrogens with zero attached hydrogens (tertiary/aromatic N) is 1. The van der Waals surface area contributed by atoms with Crippen molar-refractivity contribution in [2.75, 3.05) is 5.73 Å². The summed E-state index contributed by atoms with van der Waals surface area (Å²) in [6.07, 6.45) is 0. The Balaban J connectivity index is 3.27. The van der Waals surface area contributed by atoms with Gasteiger partial charge < -0.3 is 10.8 Å². The maximum absolute atomic E-state index is 9.94. The van der Waals surface area contributed by atoms with Crippen LogP contribution in [0, 0.1) is 4.91 Å². The molecule has 0 atom stereocenters. The maximum Gasteiger partial charge on any atom is 0.140 e. The second-order valence-corrected chi connectivity index (χ2v) is 1.80. The van der Waals surface area contributed by atoms with E-state index in [1.807, 2.05) is 0 Å². The van der Waals surface area contributed by atoms with Crippen LogP contribution in [0.4, 0.5) is 11.4 Å². The molecule has 10 heavy (non-hydrogen) atoms. The molecule has 0 aromatic heterocycles. The van der Waals surface area contributed by atoms with Crippen molar-refractivity contribution >= 4 is 11.4 Å². The Hall–Kier alpha value is -1.58. The molecule has 4 nitrogen and oxygen atoms in total. The van der Waals surface area contributed by atoms with Gasteiger partial charge in [-0.25, -0.2) is 0 Å². The number of rotatable bonds is 1. The van der Waals surface area contributed by atoms with E-state index in [1.54, 1.807) is 0 Å². The van der Waals surface area contributed by atoms with Crippen LogP contribution in [-0.2, 0) is 0 Å². The van der Waals surface area contributed by atoms with Crippen molar-refractivity contribution in [3.8, 4) is 5.75 Å². The molecule has 4 heteroatoms. The van der Waals surface area contributed by atoms with E-state index in [4.69, 9.17) is 10.8 Å². The molecule has 0 spiro atoms. The number of aromatic hydroxyl groups is 1. The third-order valence-corrected chi connectivity index (χ3v) is 1.16. The molecule has 0 saturated heterocycles. The number of anilines is 1. The molecule has 1 aromatic carbocycles. The summed E-state index contributed by atoms with van der Waals surface area (Å²) >= 11 is 0. The number of nitrogen functional groups attached to an aromatic ring is 1. The molecular weight excluding hydrogens is 132 g/mol. The third-order valence-electron chi connectivity index (χ3n) is 1.16. The molecule has 0 amide bonds. The van der Waals surface area contributed by atoms with Gasteiger partial charge in [0.25, 0.3) is 0 Å². The number of benzene rings is 1. The Bertz CT molecular complexity index is 260. The summed E-state index contributed by atoms with van der Waals surface area (Å²) in [4.78, 5) is 9.94. The lowest BCUT2D eigenvalue weighted by molar-refractivity contribution is 0.478. The van der Waals surface area contributed by atoms with Gasteiger partial charge in [0.05, 0.1) is 0 Å². The standard InChI is InChI=1S/C6H6N2O2/c7-6-4(8-10)2-1-3-5(6)9/h1-3,9H,7H2. The van der Waals surface area contributed by atoms with Crippen molar-refractivity contribution in [3.63, 3.8) is 0 Å². The second kappa shape index (κ2) is 2.34. The number of hydrogen-bond acceptors (Lipinski definition) is 4. The van der Waals surface area contributed by atoms with E-state index in [1.165, 1.54) is 18.2 Å². The number of nitrogens with two attached hydrogens (primary N) is 1. The summed E-state index contributed by atoms with van der Waals surface area (Å²) < 4.78 is 0. The third kappa shape index (κ3) is 0.907. The molecule has 0 fully saturated rings. The Morgan fingerprint density at radius 3 is 2.70 bits per heavy atom. The average molecular weight is 138 g/mol. The fraction of sp³-hybridized carbons (Fsp3) is 0. The minimum Gasteiger partial charge on any atom is -0.506 e. The molecule has 0 aliphatic carbocycles. The van der Waals surface area contributed by atoms with Gasteiger partial charge in [-0.05, 0) is 17.3 Å². The first-order valence-corrected chi connectivity index (χ1v) is 2.66. The summed E-state index contributed by atoms with van der Waals surface area (Å²) in [5, 5.41) is 11.5. The van der Waals surface area contributed by atoms with Gasteiger partial charge in [0.1, 0.15) is 17.1 Å². The van der Waals surface area contributed by atoms with Crippen LogP contribution in [0.2, 0.25) is 0 Å². The van der Waals surface area contributed by atoms with E-state index >= 15 is 0 Å². The lowest BCUT2D eigenvalue weighted by Crippen LogP contribution is -1.84. The molecule has 1 aromatic rings. The topological polar surface area (TPSA) is 75.7 Å². The van der Waals surface area contributed by atoms with Gasteiger partial charge in [0, 0.05) is 0 Å². The van der Waals surface area contributed by atoms with Gasteiger partial charge in [0.15, 0.2) is 0 Å². The predicted octanol–water partition coefficient (Wildman–Crippen LogP) is 1.37. The zero-order valence-corrected chi connectivity index (χ0v) is 5.11. The van der Waals surface area contributed by atoms with Gasteiger partial charge in [-0.2, -0.15) is 0 Å². The molecule has 0 aliphatic rings. The van der Waals surface area contributed by atoms with Crippen LogP contribution in [0.25, 0.3) is 0 Å². The van der Waals surface area contributed by atoms with Crippen LogP contribution in [0.5, 0.6) is 5.75 Å². The molecule has 0 heterocycles. The Labute approximate surface area is 57.3 Å².